The number of likely N-dealkylation sites (tertiary alicyclic amines) is 2. The van der Waals surface area contributed by atoms with Gasteiger partial charge in [-0.2, -0.15) is 20.4 Å². The lowest BCUT2D eigenvalue weighted by atomic mass is 9.69. The second-order valence-electron chi connectivity index (χ2n) is 31.3. The summed E-state index contributed by atoms with van der Waals surface area (Å²) in [7, 11) is 11.7. The van der Waals surface area contributed by atoms with Crippen molar-refractivity contribution in [1.82, 2.24) is 95.9 Å². The van der Waals surface area contributed by atoms with E-state index in [0.717, 1.165) is 187 Å². The van der Waals surface area contributed by atoms with E-state index in [0.29, 0.717) is 43.7 Å². The standard InChI is InChI=1S/C21H25N5OS.C20H23ClN6S.C20H24N6OS.C18H19FN6S/c1-25-12-16(11-22-25)15-6-7-17(18(10-15)27-2)19-23-24-20(28-19)26-13-21(14-26)8-4-3-5-9-21;1-26-8-6-20(12-26)5-2-7-27(13-20)19-25-24-18(28-19)16-4-3-14(9-17(16)21)15-10-22-23-11-15;1-25-10-15(9-22-25)14-4-5-16(17(8-14)27-2)18-23-24-19(28-18)26-12-20(13-26)6-3-7-21-11-20;1-24-7-13-9-25(10-14(13)8-24)18-23-22-17(26-18)15-3-2-11(4-16(15)19)12-5-20-21-6-12/h6-7,10-12H,3-5,8-9,13-14H2,1-2H3;3-4,9-11H,2,5-8,12-13H2,1H3,(H,22,23);4-5,8-10,21H,3,6-7,11-13H2,1-2H3;2-6,13-14H,7-10H2,1H3,(H,20,21)/t;;;13-,14+. The Morgan fingerprint density at radius 3 is 1.38 bits per heavy atom. The summed E-state index contributed by atoms with van der Waals surface area (Å²) in [6.07, 6.45) is 28.1. The molecule has 12 aromatic rings. The normalized spacial score (nSPS) is 20.6. The highest BCUT2D eigenvalue weighted by Gasteiger charge is 2.47. The number of ether oxygens (including phenoxy) is 2. The first-order chi connectivity index (χ1) is 53.6. The van der Waals surface area contributed by atoms with Crippen molar-refractivity contribution in [2.75, 3.05) is 140 Å². The summed E-state index contributed by atoms with van der Waals surface area (Å²) in [6.45, 7) is 15.6. The van der Waals surface area contributed by atoms with E-state index in [1.54, 1.807) is 82.3 Å². The zero-order valence-electron chi connectivity index (χ0n) is 62.8. The fraction of sp³-hybridized carbons (Fsp3) is 0.443. The number of anilines is 4. The molecule has 7 saturated heterocycles. The van der Waals surface area contributed by atoms with Crippen LogP contribution < -0.4 is 34.4 Å². The van der Waals surface area contributed by atoms with E-state index < -0.39 is 0 Å². The number of methoxy groups -OCH3 is 2. The van der Waals surface area contributed by atoms with Crippen molar-refractivity contribution in [3.8, 4) is 98.3 Å². The number of aryl methyl sites for hydroxylation is 2. The highest BCUT2D eigenvalue weighted by molar-refractivity contribution is 7.19. The molecule has 1 aliphatic carbocycles. The highest BCUT2D eigenvalue weighted by Crippen LogP contribution is 2.49. The molecule has 0 radical (unpaired) electrons. The summed E-state index contributed by atoms with van der Waals surface area (Å²) in [5.74, 6) is 2.75. The number of benzene rings is 4. The molecule has 7 aliphatic heterocycles. The number of nitrogens with one attached hydrogen (secondary N) is 3. The van der Waals surface area contributed by atoms with Gasteiger partial charge in [-0.05, 0) is 155 Å². The van der Waals surface area contributed by atoms with Crippen molar-refractivity contribution < 1.29 is 13.9 Å². The van der Waals surface area contributed by atoms with Crippen molar-refractivity contribution >= 4 is 77.5 Å². The average Bonchev–Trinajstić information content (AvgIpc) is 1.32. The molecule has 31 heteroatoms. The highest BCUT2D eigenvalue weighted by atomic mass is 35.5. The third-order valence-corrected chi connectivity index (χ3v) is 27.7. The van der Waals surface area contributed by atoms with Crippen molar-refractivity contribution in [2.24, 2.45) is 42.2 Å². The quantitative estimate of drug-likeness (QED) is 0.0915. The van der Waals surface area contributed by atoms with Crippen molar-refractivity contribution in [2.45, 2.75) is 64.2 Å². The Morgan fingerprint density at radius 1 is 0.436 bits per heavy atom. The summed E-state index contributed by atoms with van der Waals surface area (Å²) >= 11 is 13.0. The van der Waals surface area contributed by atoms with Crippen LogP contribution in [0.4, 0.5) is 24.9 Å². The summed E-state index contributed by atoms with van der Waals surface area (Å²) < 4.78 is 29.6. The fourth-order valence-electron chi connectivity index (χ4n) is 17.6. The first-order valence-corrected chi connectivity index (χ1v) is 41.6. The van der Waals surface area contributed by atoms with E-state index in [2.05, 4.69) is 151 Å². The topological polar surface area (TPSA) is 246 Å². The van der Waals surface area contributed by atoms with Crippen molar-refractivity contribution in [3.05, 3.63) is 133 Å². The van der Waals surface area contributed by atoms with Crippen LogP contribution >= 0.6 is 56.9 Å². The van der Waals surface area contributed by atoms with Crippen LogP contribution in [0.2, 0.25) is 5.02 Å². The number of rotatable bonds is 14. The van der Waals surface area contributed by atoms with E-state index in [-0.39, 0.29) is 5.82 Å². The summed E-state index contributed by atoms with van der Waals surface area (Å²) in [5, 5.41) is 68.9. The van der Waals surface area contributed by atoms with Gasteiger partial charge in [0.25, 0.3) is 0 Å². The van der Waals surface area contributed by atoms with E-state index in [1.165, 1.54) is 94.7 Å². The molecule has 8 aromatic heterocycles. The average molecular weight is 1580 g/mol. The lowest BCUT2D eigenvalue weighted by Gasteiger charge is -2.52. The molecule has 3 atom stereocenters. The molecule has 4 aromatic carbocycles. The predicted molar refractivity (Wildman–Crippen MR) is 436 cm³/mol. The van der Waals surface area contributed by atoms with Crippen LogP contribution in [-0.2, 0) is 14.1 Å². The van der Waals surface area contributed by atoms with E-state index in [4.69, 9.17) is 21.1 Å². The number of aromatic nitrogens is 16. The van der Waals surface area contributed by atoms with Crippen LogP contribution in [-0.4, -0.2) is 210 Å². The number of nitrogens with zero attached hydrogens (tertiary/aromatic N) is 20. The van der Waals surface area contributed by atoms with E-state index in [9.17, 15) is 4.39 Å². The molecule has 3 N–H and O–H groups in total. The Balaban J connectivity index is 0.000000107. The van der Waals surface area contributed by atoms with Gasteiger partial charge in [0.1, 0.15) is 17.3 Å². The molecule has 8 fully saturated rings. The number of halogens is 2. The molecule has 8 aliphatic rings. The Morgan fingerprint density at radius 2 is 0.900 bits per heavy atom. The predicted octanol–water partition coefficient (Wildman–Crippen LogP) is 14.1. The molecular formula is C79H91ClFN23O2S4. The fourth-order valence-corrected chi connectivity index (χ4v) is 21.4. The van der Waals surface area contributed by atoms with Gasteiger partial charge >= 0.3 is 0 Å². The molecule has 0 amide bonds. The lowest BCUT2D eigenvalue weighted by Crippen LogP contribution is -2.62. The van der Waals surface area contributed by atoms with Gasteiger partial charge in [-0.25, -0.2) is 4.39 Å². The second-order valence-corrected chi connectivity index (χ2v) is 35.5. The molecule has 572 valence electrons. The number of H-pyrrole nitrogens is 2. The zero-order valence-corrected chi connectivity index (χ0v) is 66.8. The van der Waals surface area contributed by atoms with Crippen LogP contribution in [0, 0.1) is 33.9 Å². The van der Waals surface area contributed by atoms with Crippen LogP contribution in [0.25, 0.3) is 86.8 Å². The lowest BCUT2D eigenvalue weighted by molar-refractivity contribution is 0.139. The molecule has 0 bridgehead atoms. The smallest absolute Gasteiger partial charge is 0.208 e. The van der Waals surface area contributed by atoms with Gasteiger partial charge < -0.3 is 44.2 Å². The number of fused-ring (bicyclic) bond motifs is 1. The maximum atomic E-state index is 14.6. The first kappa shape index (κ1) is 73.6. The maximum absolute atomic E-state index is 14.6. The molecule has 3 spiro atoms. The molecule has 25 nitrogen and oxygen atoms in total. The number of aromatic amines is 2. The molecule has 1 saturated carbocycles. The van der Waals surface area contributed by atoms with E-state index >= 15 is 0 Å². The summed E-state index contributed by atoms with van der Waals surface area (Å²) in [4.78, 5) is 14.3. The van der Waals surface area contributed by atoms with Crippen molar-refractivity contribution in [1.29, 1.82) is 0 Å². The van der Waals surface area contributed by atoms with Gasteiger partial charge in [-0.3, -0.25) is 19.6 Å². The minimum absolute atomic E-state index is 0.286. The number of hydrogen-bond acceptors (Lipinski definition) is 25. The minimum atomic E-state index is -0.286. The monoisotopic (exact) mass is 1580 g/mol. The van der Waals surface area contributed by atoms with Crippen LogP contribution in [0.1, 0.15) is 64.2 Å². The molecular weight excluding hydrogens is 1490 g/mol. The summed E-state index contributed by atoms with van der Waals surface area (Å²) in [5.41, 5.74) is 12.8. The number of piperidine rings is 2. The Bertz CT molecular complexity index is 4950. The SMILES string of the molecule is CN1CCC2(CCCN(c3nnc(-c4ccc(-c5cn[nH]c5)cc4Cl)s3)C2)C1.CN1C[C@@H]2CN(c3nnc(-c4ccc(-c5cn[nH]c5)cc4F)s3)C[C@@H]2C1.COc1cc(-c2cnn(C)c2)ccc1-c1nnc(N2CC3(CCCCC3)C2)s1.COc1cc(-c2cnn(C)c2)ccc1-c1nnc(N2CC3(CCCNC3)C2)s1. The molecule has 1 unspecified atom stereocenters. The van der Waals surface area contributed by atoms with Gasteiger partial charge in [0.2, 0.25) is 20.5 Å². The third-order valence-electron chi connectivity index (χ3n) is 23.3. The molecule has 20 rings (SSSR count). The number of hydrogen-bond donors (Lipinski definition) is 3. The minimum Gasteiger partial charge on any atom is -0.496 e. The Labute approximate surface area is 660 Å². The second kappa shape index (κ2) is 31.6. The maximum Gasteiger partial charge on any atom is 0.208 e. The van der Waals surface area contributed by atoms with Crippen LogP contribution in [0.3, 0.4) is 0 Å². The Hall–Kier alpha value is -9.14. The van der Waals surface area contributed by atoms with E-state index in [1.807, 2.05) is 75.4 Å². The van der Waals surface area contributed by atoms with Gasteiger partial charge in [-0.15, -0.1) is 40.8 Å². The van der Waals surface area contributed by atoms with Gasteiger partial charge in [0.05, 0.1) is 55.2 Å². The molecule has 110 heavy (non-hydrogen) atoms. The van der Waals surface area contributed by atoms with Gasteiger partial charge in [0, 0.05) is 167 Å². The van der Waals surface area contributed by atoms with Gasteiger partial charge in [0.15, 0.2) is 20.0 Å². The van der Waals surface area contributed by atoms with Crippen molar-refractivity contribution in [3.63, 3.8) is 0 Å². The zero-order chi connectivity index (χ0) is 75.1. The van der Waals surface area contributed by atoms with Crippen LogP contribution in [0.15, 0.2) is 122 Å². The Kier molecular flexibility index (Phi) is 21.1. The summed E-state index contributed by atoms with van der Waals surface area (Å²) in [6, 6.07) is 23.6. The largest absolute Gasteiger partial charge is 0.496 e. The van der Waals surface area contributed by atoms with Crippen LogP contribution in [0.5, 0.6) is 11.5 Å². The first-order valence-electron chi connectivity index (χ1n) is 38.0. The third kappa shape index (κ3) is 15.7. The molecule has 15 heterocycles. The van der Waals surface area contributed by atoms with Gasteiger partial charge in [-0.1, -0.05) is 100 Å².